The van der Waals surface area contributed by atoms with E-state index in [1.807, 2.05) is 43.6 Å². The molecule has 0 fully saturated rings. The number of fused-ring (bicyclic) bond motifs is 5. The number of thiophene rings is 1. The van der Waals surface area contributed by atoms with Gasteiger partial charge < -0.3 is 0 Å². The van der Waals surface area contributed by atoms with E-state index in [4.69, 9.17) is 4.98 Å². The standard InChI is InChI=1S/C18H12N4OS3/c1-9-3-5-10(6-4-9)22-8-20-14-12-13-11(25-18(21-13)24-2)7-19-16(12)26-15(14)17(22)23/h3-8H,1-2H3. The van der Waals surface area contributed by atoms with Gasteiger partial charge in [-0.2, -0.15) is 0 Å². The van der Waals surface area contributed by atoms with Crippen molar-refractivity contribution in [3.8, 4) is 5.69 Å². The molecule has 1 aromatic carbocycles. The fourth-order valence-electron chi connectivity index (χ4n) is 2.93. The molecule has 5 aromatic rings. The van der Waals surface area contributed by atoms with Gasteiger partial charge in [-0.3, -0.25) is 9.36 Å². The molecule has 0 bridgehead atoms. The summed E-state index contributed by atoms with van der Waals surface area (Å²) < 4.78 is 4.21. The summed E-state index contributed by atoms with van der Waals surface area (Å²) in [4.78, 5) is 27.7. The molecular formula is C18H12N4OS3. The number of benzene rings is 1. The van der Waals surface area contributed by atoms with E-state index in [2.05, 4.69) is 9.97 Å². The van der Waals surface area contributed by atoms with Crippen molar-refractivity contribution in [2.24, 2.45) is 0 Å². The molecule has 128 valence electrons. The summed E-state index contributed by atoms with van der Waals surface area (Å²) in [7, 11) is 0. The first-order valence-electron chi connectivity index (χ1n) is 7.86. The number of hydrogen-bond donors (Lipinski definition) is 0. The fraction of sp³-hybridized carbons (Fsp3) is 0.111. The van der Waals surface area contributed by atoms with Crippen molar-refractivity contribution in [2.45, 2.75) is 11.3 Å². The van der Waals surface area contributed by atoms with Gasteiger partial charge >= 0.3 is 0 Å². The Morgan fingerprint density at radius 2 is 1.88 bits per heavy atom. The first kappa shape index (κ1) is 15.9. The third-order valence-electron chi connectivity index (χ3n) is 4.24. The van der Waals surface area contributed by atoms with Gasteiger partial charge in [0.15, 0.2) is 4.34 Å². The maximum atomic E-state index is 13.1. The molecule has 8 heteroatoms. The molecule has 0 aliphatic heterocycles. The Kier molecular flexibility index (Phi) is 3.59. The van der Waals surface area contributed by atoms with Gasteiger partial charge in [-0.15, -0.1) is 22.7 Å². The Labute approximate surface area is 160 Å². The first-order valence-corrected chi connectivity index (χ1v) is 10.7. The van der Waals surface area contributed by atoms with E-state index < -0.39 is 0 Å². The molecule has 0 aliphatic rings. The van der Waals surface area contributed by atoms with Crippen molar-refractivity contribution in [1.82, 2.24) is 19.5 Å². The maximum Gasteiger partial charge on any atom is 0.275 e. The highest BCUT2D eigenvalue weighted by Gasteiger charge is 2.18. The number of aryl methyl sites for hydroxylation is 1. The second-order valence-electron chi connectivity index (χ2n) is 5.87. The molecule has 0 saturated carbocycles. The molecule has 5 rings (SSSR count). The van der Waals surface area contributed by atoms with Gasteiger partial charge in [0.05, 0.1) is 21.3 Å². The number of hydrogen-bond acceptors (Lipinski definition) is 7. The number of thiazole rings is 1. The van der Waals surface area contributed by atoms with E-state index >= 15 is 0 Å². The maximum absolute atomic E-state index is 13.1. The Morgan fingerprint density at radius 3 is 2.65 bits per heavy atom. The Balaban J connectivity index is 1.84. The molecule has 0 unspecified atom stereocenters. The van der Waals surface area contributed by atoms with Gasteiger partial charge in [0, 0.05) is 6.20 Å². The predicted molar refractivity (Wildman–Crippen MR) is 110 cm³/mol. The summed E-state index contributed by atoms with van der Waals surface area (Å²) in [5.41, 5.74) is 3.46. The number of aromatic nitrogens is 4. The second kappa shape index (κ2) is 5.87. The van der Waals surface area contributed by atoms with Crippen LogP contribution in [0.2, 0.25) is 0 Å². The average molecular weight is 397 g/mol. The lowest BCUT2D eigenvalue weighted by atomic mass is 10.2. The largest absolute Gasteiger partial charge is 0.275 e. The van der Waals surface area contributed by atoms with Crippen LogP contribution >= 0.6 is 34.4 Å². The second-order valence-corrected chi connectivity index (χ2v) is 8.95. The van der Waals surface area contributed by atoms with Crippen molar-refractivity contribution in [2.75, 3.05) is 6.26 Å². The molecule has 0 radical (unpaired) electrons. The van der Waals surface area contributed by atoms with Crippen molar-refractivity contribution in [3.63, 3.8) is 0 Å². The zero-order valence-electron chi connectivity index (χ0n) is 13.9. The minimum atomic E-state index is -0.0738. The van der Waals surface area contributed by atoms with Crippen LogP contribution in [0.5, 0.6) is 0 Å². The summed E-state index contributed by atoms with van der Waals surface area (Å²) in [6, 6.07) is 7.83. The molecule has 0 atom stereocenters. The van der Waals surface area contributed by atoms with Crippen LogP contribution in [0, 0.1) is 6.92 Å². The molecule has 4 heterocycles. The average Bonchev–Trinajstić information content (AvgIpc) is 3.24. The first-order chi connectivity index (χ1) is 12.7. The van der Waals surface area contributed by atoms with Crippen LogP contribution in [-0.4, -0.2) is 25.8 Å². The lowest BCUT2D eigenvalue weighted by Crippen LogP contribution is -2.17. The molecule has 0 saturated heterocycles. The van der Waals surface area contributed by atoms with Gasteiger partial charge in [-0.05, 0) is 25.3 Å². The summed E-state index contributed by atoms with van der Waals surface area (Å²) >= 11 is 4.61. The van der Waals surface area contributed by atoms with E-state index in [-0.39, 0.29) is 5.56 Å². The highest BCUT2D eigenvalue weighted by atomic mass is 32.2. The predicted octanol–water partition coefficient (Wildman–Crippen LogP) is 4.64. The van der Waals surface area contributed by atoms with Gasteiger partial charge in [0.2, 0.25) is 0 Å². The smallest absolute Gasteiger partial charge is 0.267 e. The number of thioether (sulfide) groups is 1. The monoisotopic (exact) mass is 396 g/mol. The lowest BCUT2D eigenvalue weighted by molar-refractivity contribution is 0.967. The third-order valence-corrected chi connectivity index (χ3v) is 7.29. The summed E-state index contributed by atoms with van der Waals surface area (Å²) in [6.07, 6.45) is 5.44. The number of nitrogens with zero attached hydrogens (tertiary/aromatic N) is 4. The van der Waals surface area contributed by atoms with E-state index in [1.165, 1.54) is 11.3 Å². The molecule has 0 N–H and O–H groups in total. The van der Waals surface area contributed by atoms with Crippen molar-refractivity contribution in [1.29, 1.82) is 0 Å². The van der Waals surface area contributed by atoms with E-state index in [9.17, 15) is 4.79 Å². The molecule has 0 aliphatic carbocycles. The molecule has 4 aromatic heterocycles. The van der Waals surface area contributed by atoms with Crippen molar-refractivity contribution in [3.05, 3.63) is 52.7 Å². The zero-order valence-corrected chi connectivity index (χ0v) is 16.3. The molecule has 0 amide bonds. The minimum absolute atomic E-state index is 0.0738. The van der Waals surface area contributed by atoms with Crippen LogP contribution in [0.1, 0.15) is 5.56 Å². The highest BCUT2D eigenvalue weighted by molar-refractivity contribution is 8.00. The van der Waals surface area contributed by atoms with Gasteiger partial charge in [-0.1, -0.05) is 29.5 Å². The van der Waals surface area contributed by atoms with Gasteiger partial charge in [0.1, 0.15) is 21.4 Å². The molecule has 0 spiro atoms. The van der Waals surface area contributed by atoms with Crippen molar-refractivity contribution < 1.29 is 0 Å². The van der Waals surface area contributed by atoms with E-state index in [0.29, 0.717) is 10.2 Å². The van der Waals surface area contributed by atoms with Crippen LogP contribution in [0.3, 0.4) is 0 Å². The van der Waals surface area contributed by atoms with Crippen LogP contribution in [-0.2, 0) is 0 Å². The van der Waals surface area contributed by atoms with Crippen LogP contribution in [0.15, 0.2) is 45.9 Å². The highest BCUT2D eigenvalue weighted by Crippen LogP contribution is 2.37. The molecular weight excluding hydrogens is 384 g/mol. The van der Waals surface area contributed by atoms with Gasteiger partial charge in [0.25, 0.3) is 5.56 Å². The normalized spacial score (nSPS) is 11.8. The lowest BCUT2D eigenvalue weighted by Gasteiger charge is -2.05. The summed E-state index contributed by atoms with van der Waals surface area (Å²) in [6.45, 7) is 2.02. The topological polar surface area (TPSA) is 60.7 Å². The SMILES string of the molecule is CSc1nc2c(cnc3sc4c(=O)n(-c5ccc(C)cc5)cnc4c32)s1. The van der Waals surface area contributed by atoms with Crippen LogP contribution < -0.4 is 5.56 Å². The Morgan fingerprint density at radius 1 is 1.08 bits per heavy atom. The zero-order chi connectivity index (χ0) is 17.8. The number of rotatable bonds is 2. The van der Waals surface area contributed by atoms with Gasteiger partial charge in [-0.25, -0.2) is 15.0 Å². The van der Waals surface area contributed by atoms with Crippen molar-refractivity contribution >= 4 is 65.1 Å². The Hall–Kier alpha value is -2.29. The third kappa shape index (κ3) is 2.29. The van der Waals surface area contributed by atoms with Crippen LogP contribution in [0.4, 0.5) is 0 Å². The fourth-order valence-corrected chi connectivity index (χ4v) is 5.42. The Bertz CT molecular complexity index is 1350. The summed E-state index contributed by atoms with van der Waals surface area (Å²) in [5.74, 6) is 0. The molecule has 5 nitrogen and oxygen atoms in total. The summed E-state index contributed by atoms with van der Waals surface area (Å²) in [5, 5.41) is 0.882. The molecule has 26 heavy (non-hydrogen) atoms. The van der Waals surface area contributed by atoms with Crippen LogP contribution in [0.25, 0.3) is 36.3 Å². The van der Waals surface area contributed by atoms with E-state index in [1.54, 1.807) is 34.0 Å². The number of pyridine rings is 1. The minimum Gasteiger partial charge on any atom is -0.267 e. The quantitative estimate of drug-likeness (QED) is 0.407. The van der Waals surface area contributed by atoms with E-state index in [0.717, 1.165) is 36.0 Å².